The third kappa shape index (κ3) is 4.12. The molecular formula is C24H19F9N4O2. The highest BCUT2D eigenvalue weighted by atomic mass is 19.4. The first-order chi connectivity index (χ1) is 18.0. The molecule has 0 spiro atoms. The van der Waals surface area contributed by atoms with Crippen molar-refractivity contribution in [2.24, 2.45) is 5.41 Å². The molecule has 2 bridgehead atoms. The summed E-state index contributed by atoms with van der Waals surface area (Å²) < 4.78 is 129. The number of nitrogens with zero attached hydrogens (tertiary/aromatic N) is 4. The smallest absolute Gasteiger partial charge is 0.456 e. The second kappa shape index (κ2) is 8.57. The van der Waals surface area contributed by atoms with Gasteiger partial charge in [-0.2, -0.15) is 22.0 Å². The number of alkyl halides is 7. The summed E-state index contributed by atoms with van der Waals surface area (Å²) in [4.78, 5) is 0. The molecule has 3 aliphatic carbocycles. The van der Waals surface area contributed by atoms with Gasteiger partial charge in [0.05, 0.1) is 6.54 Å². The second-order valence-corrected chi connectivity index (χ2v) is 10.2. The van der Waals surface area contributed by atoms with E-state index >= 15 is 8.78 Å². The Morgan fingerprint density at radius 2 is 1.56 bits per heavy atom. The van der Waals surface area contributed by atoms with Crippen LogP contribution in [0.5, 0.6) is 5.75 Å². The predicted molar refractivity (Wildman–Crippen MR) is 114 cm³/mol. The van der Waals surface area contributed by atoms with Gasteiger partial charge in [0.25, 0.3) is 5.92 Å². The first-order valence-electron chi connectivity index (χ1n) is 11.5. The molecule has 0 radical (unpaired) electrons. The number of rotatable bonds is 9. The van der Waals surface area contributed by atoms with Crippen LogP contribution in [0.3, 0.4) is 0 Å². The maximum Gasteiger partial charge on any atom is 0.456 e. The Bertz CT molecular complexity index is 1340. The van der Waals surface area contributed by atoms with E-state index in [1.807, 2.05) is 0 Å². The van der Waals surface area contributed by atoms with Crippen molar-refractivity contribution in [2.75, 3.05) is 6.61 Å². The van der Waals surface area contributed by atoms with Crippen LogP contribution in [0.1, 0.15) is 30.4 Å². The number of tetrazole rings is 1. The van der Waals surface area contributed by atoms with Crippen molar-refractivity contribution < 1.29 is 49.4 Å². The van der Waals surface area contributed by atoms with E-state index in [0.717, 1.165) is 35.3 Å². The average molecular weight is 566 g/mol. The third-order valence-electron chi connectivity index (χ3n) is 7.68. The molecule has 3 fully saturated rings. The first kappa shape index (κ1) is 27.2. The Hall–Kier alpha value is -3.36. The molecule has 210 valence electrons. The van der Waals surface area contributed by atoms with Gasteiger partial charge in [-0.25, -0.2) is 22.2 Å². The molecule has 3 aromatic rings. The van der Waals surface area contributed by atoms with Crippen LogP contribution in [0, 0.1) is 17.0 Å². The van der Waals surface area contributed by atoms with Gasteiger partial charge in [-0.15, -0.1) is 5.10 Å². The number of hydrogen-bond donors (Lipinski definition) is 1. The van der Waals surface area contributed by atoms with Gasteiger partial charge < -0.3 is 9.84 Å². The molecule has 2 aromatic carbocycles. The lowest BCUT2D eigenvalue weighted by Crippen LogP contribution is -2.76. The van der Waals surface area contributed by atoms with Crippen LogP contribution >= 0.6 is 0 Å². The number of hydrogen-bond acceptors (Lipinski definition) is 5. The highest BCUT2D eigenvalue weighted by molar-refractivity contribution is 5.44. The van der Waals surface area contributed by atoms with E-state index < -0.39 is 64.8 Å². The molecule has 15 heteroatoms. The standard InChI is InChI=1S/C24H19F9N4O2/c25-15-3-6-17(18(26)7-15)21(38,11-37-13-34-35-36-37)23(29,30)20-8-19(9-20,10-20)14-1-4-16(5-2-14)39-12-22(27,28)24(31,32)33/h1-7,13,38H,8-12H2/t19?,20?,21-/m1/s1. The zero-order valence-electron chi connectivity index (χ0n) is 19.7. The minimum Gasteiger partial charge on any atom is -0.487 e. The summed E-state index contributed by atoms with van der Waals surface area (Å²) in [5, 5.41) is 21.5. The predicted octanol–water partition coefficient (Wildman–Crippen LogP) is 5.17. The molecule has 0 aliphatic heterocycles. The zero-order valence-corrected chi connectivity index (χ0v) is 19.7. The molecular weight excluding hydrogens is 547 g/mol. The van der Waals surface area contributed by atoms with Crippen LogP contribution in [0.15, 0.2) is 48.8 Å². The molecule has 1 aromatic heterocycles. The van der Waals surface area contributed by atoms with Crippen molar-refractivity contribution in [2.45, 2.75) is 54.8 Å². The quantitative estimate of drug-likeness (QED) is 0.362. The molecule has 3 aliphatic rings. The largest absolute Gasteiger partial charge is 0.487 e. The van der Waals surface area contributed by atoms with Crippen molar-refractivity contribution in [1.82, 2.24) is 20.2 Å². The van der Waals surface area contributed by atoms with Gasteiger partial charge >= 0.3 is 12.1 Å². The van der Waals surface area contributed by atoms with Crippen LogP contribution in [-0.2, 0) is 17.6 Å². The fraction of sp³-hybridized carbons (Fsp3) is 0.458. The van der Waals surface area contributed by atoms with Crippen LogP contribution in [0.25, 0.3) is 0 Å². The summed E-state index contributed by atoms with van der Waals surface area (Å²) in [6.07, 6.45) is -5.23. The SMILES string of the molecule is O[C@](Cn1cnnn1)(c1ccc(F)cc1F)C(F)(F)C12CC(c3ccc(OCC(F)(F)C(F)(F)F)cc3)(C1)C2. The molecule has 6 nitrogen and oxygen atoms in total. The number of ether oxygens (including phenoxy) is 1. The van der Waals surface area contributed by atoms with Crippen LogP contribution < -0.4 is 4.74 Å². The normalized spacial score (nSPS) is 24.5. The Kier molecular flexibility index (Phi) is 5.98. The lowest BCUT2D eigenvalue weighted by Gasteiger charge is -2.74. The first-order valence-corrected chi connectivity index (χ1v) is 11.5. The maximum atomic E-state index is 16.2. The number of aliphatic hydroxyl groups is 1. The van der Waals surface area contributed by atoms with Gasteiger partial charge in [0, 0.05) is 17.0 Å². The van der Waals surface area contributed by atoms with Gasteiger partial charge in [0.1, 0.15) is 23.7 Å². The highest BCUT2D eigenvalue weighted by Gasteiger charge is 2.82. The lowest BCUT2D eigenvalue weighted by atomic mass is 9.30. The van der Waals surface area contributed by atoms with E-state index in [1.54, 1.807) is 0 Å². The Labute approximate surface area is 214 Å². The molecule has 1 N–H and O–H groups in total. The third-order valence-corrected chi connectivity index (χ3v) is 7.68. The van der Waals surface area contributed by atoms with Crippen molar-refractivity contribution in [1.29, 1.82) is 0 Å². The van der Waals surface area contributed by atoms with Crippen LogP contribution in [-0.4, -0.2) is 49.9 Å². The van der Waals surface area contributed by atoms with E-state index in [1.165, 1.54) is 12.1 Å². The van der Waals surface area contributed by atoms with Gasteiger partial charge in [0.2, 0.25) is 0 Å². The van der Waals surface area contributed by atoms with Gasteiger partial charge in [0.15, 0.2) is 12.2 Å². The number of benzene rings is 2. The molecule has 1 atom stereocenters. The van der Waals surface area contributed by atoms with Gasteiger partial charge in [-0.05, 0) is 64.9 Å². The second-order valence-electron chi connectivity index (χ2n) is 10.2. The summed E-state index contributed by atoms with van der Waals surface area (Å²) in [6.45, 7) is -2.85. The van der Waals surface area contributed by atoms with E-state index in [0.29, 0.717) is 11.6 Å². The molecule has 0 saturated heterocycles. The number of aromatic nitrogens is 4. The van der Waals surface area contributed by atoms with Crippen LogP contribution in [0.4, 0.5) is 39.5 Å². The highest BCUT2D eigenvalue weighted by Crippen LogP contribution is 2.80. The topological polar surface area (TPSA) is 73.1 Å². The van der Waals surface area contributed by atoms with E-state index in [4.69, 9.17) is 0 Å². The molecule has 0 amide bonds. The molecule has 1 heterocycles. The van der Waals surface area contributed by atoms with Gasteiger partial charge in [-0.3, -0.25) is 0 Å². The van der Waals surface area contributed by atoms with Crippen molar-refractivity contribution in [3.63, 3.8) is 0 Å². The Morgan fingerprint density at radius 3 is 2.10 bits per heavy atom. The molecule has 0 unspecified atom stereocenters. The number of halogens is 9. The monoisotopic (exact) mass is 566 g/mol. The molecule has 39 heavy (non-hydrogen) atoms. The minimum atomic E-state index is -5.78. The minimum absolute atomic E-state index is 0.139. The Balaban J connectivity index is 1.35. The van der Waals surface area contributed by atoms with Crippen molar-refractivity contribution in [3.8, 4) is 5.75 Å². The summed E-state index contributed by atoms with van der Waals surface area (Å²) in [6, 6.07) is 6.96. The van der Waals surface area contributed by atoms with E-state index in [-0.39, 0.29) is 25.0 Å². The molecule has 6 rings (SSSR count). The summed E-state index contributed by atoms with van der Waals surface area (Å²) in [7, 11) is 0. The van der Waals surface area contributed by atoms with Crippen molar-refractivity contribution in [3.05, 3.63) is 71.6 Å². The van der Waals surface area contributed by atoms with Crippen LogP contribution in [0.2, 0.25) is 0 Å². The summed E-state index contributed by atoms with van der Waals surface area (Å²) in [5.41, 5.74) is -6.00. The van der Waals surface area contributed by atoms with E-state index in [2.05, 4.69) is 20.3 Å². The fourth-order valence-electron chi connectivity index (χ4n) is 5.69. The summed E-state index contributed by atoms with van der Waals surface area (Å²) in [5.74, 6) is -11.7. The fourth-order valence-corrected chi connectivity index (χ4v) is 5.69. The molecule has 3 saturated carbocycles. The Morgan fingerprint density at radius 1 is 0.923 bits per heavy atom. The van der Waals surface area contributed by atoms with Gasteiger partial charge in [-0.1, -0.05) is 12.1 Å². The average Bonchev–Trinajstić information content (AvgIpc) is 3.28. The van der Waals surface area contributed by atoms with Crippen molar-refractivity contribution >= 4 is 0 Å². The zero-order chi connectivity index (χ0) is 28.5. The maximum absolute atomic E-state index is 16.2. The lowest BCUT2D eigenvalue weighted by molar-refractivity contribution is -0.347. The van der Waals surface area contributed by atoms with E-state index in [9.17, 15) is 35.8 Å². The summed E-state index contributed by atoms with van der Waals surface area (Å²) >= 11 is 0.